The Kier molecular flexibility index (Phi) is 6.20. The van der Waals surface area contributed by atoms with Crippen molar-refractivity contribution in [3.63, 3.8) is 0 Å². The molecule has 25 heavy (non-hydrogen) atoms. The highest BCUT2D eigenvalue weighted by atomic mass is 16.5. The number of rotatable bonds is 8. The van der Waals surface area contributed by atoms with Crippen molar-refractivity contribution in [1.82, 2.24) is 24.8 Å². The quantitative estimate of drug-likeness (QED) is 0.731. The molecule has 7 nitrogen and oxygen atoms in total. The van der Waals surface area contributed by atoms with Crippen LogP contribution in [0, 0.1) is 5.92 Å². The second-order valence-electron chi connectivity index (χ2n) is 7.22. The molecular formula is C18H29N5O2. The monoisotopic (exact) mass is 347 g/mol. The molecule has 2 aromatic rings. The smallest absolute Gasteiger partial charge is 0.226 e. The van der Waals surface area contributed by atoms with Crippen molar-refractivity contribution in [2.75, 3.05) is 13.1 Å². The van der Waals surface area contributed by atoms with Crippen molar-refractivity contribution in [2.45, 2.75) is 65.8 Å². The van der Waals surface area contributed by atoms with Gasteiger partial charge in [-0.3, -0.25) is 9.58 Å². The number of ether oxygens (including phenoxy) is 1. The maximum atomic E-state index is 6.03. The zero-order valence-electron chi connectivity index (χ0n) is 15.5. The van der Waals surface area contributed by atoms with E-state index in [0.717, 1.165) is 45.4 Å². The molecule has 3 heterocycles. The lowest BCUT2D eigenvalue weighted by Crippen LogP contribution is -2.39. The Labute approximate surface area is 149 Å². The fourth-order valence-electron chi connectivity index (χ4n) is 3.19. The predicted octanol–water partition coefficient (Wildman–Crippen LogP) is 2.67. The molecule has 3 rings (SSSR count). The molecule has 0 saturated carbocycles. The van der Waals surface area contributed by atoms with Crippen LogP contribution in [0.1, 0.15) is 50.9 Å². The highest BCUT2D eigenvalue weighted by Crippen LogP contribution is 2.17. The second-order valence-corrected chi connectivity index (χ2v) is 7.22. The molecule has 1 atom stereocenters. The molecule has 2 aromatic heterocycles. The fraction of sp³-hybridized carbons (Fsp3) is 0.722. The number of likely N-dealkylation sites (tertiary alicyclic amines) is 1. The van der Waals surface area contributed by atoms with E-state index in [4.69, 9.17) is 9.26 Å². The van der Waals surface area contributed by atoms with Crippen LogP contribution < -0.4 is 0 Å². The first-order chi connectivity index (χ1) is 12.1. The molecule has 0 bridgehead atoms. The highest BCUT2D eigenvalue weighted by molar-refractivity contribution is 5.04. The first-order valence-electron chi connectivity index (χ1n) is 9.29. The molecule has 1 aliphatic rings. The lowest BCUT2D eigenvalue weighted by atomic mass is 10.1. The van der Waals surface area contributed by atoms with Gasteiger partial charge in [-0.2, -0.15) is 10.1 Å². The van der Waals surface area contributed by atoms with Gasteiger partial charge in [-0.25, -0.2) is 0 Å². The minimum atomic E-state index is 0.224. The van der Waals surface area contributed by atoms with E-state index in [-0.39, 0.29) is 6.10 Å². The summed E-state index contributed by atoms with van der Waals surface area (Å²) in [4.78, 5) is 6.84. The first-order valence-corrected chi connectivity index (χ1v) is 9.29. The zero-order chi connectivity index (χ0) is 17.6. The SMILES string of the molecule is CCn1cc(CN2CCCC(OCc3noc(CC(C)C)n3)C2)cn1. The Morgan fingerprint density at radius 3 is 3.04 bits per heavy atom. The van der Waals surface area contributed by atoms with Crippen LogP contribution in [0.25, 0.3) is 0 Å². The largest absolute Gasteiger partial charge is 0.369 e. The average Bonchev–Trinajstić information content (AvgIpc) is 3.22. The fourth-order valence-corrected chi connectivity index (χ4v) is 3.19. The van der Waals surface area contributed by atoms with Crippen molar-refractivity contribution in [3.05, 3.63) is 29.7 Å². The van der Waals surface area contributed by atoms with Gasteiger partial charge in [0.1, 0.15) is 6.61 Å². The molecule has 1 fully saturated rings. The first kappa shape index (κ1) is 18.1. The summed E-state index contributed by atoms with van der Waals surface area (Å²) in [5, 5.41) is 8.37. The third-order valence-corrected chi connectivity index (χ3v) is 4.42. The van der Waals surface area contributed by atoms with Crippen LogP contribution in [-0.4, -0.2) is 44.0 Å². The average molecular weight is 347 g/mol. The second kappa shape index (κ2) is 8.58. The number of hydrogen-bond acceptors (Lipinski definition) is 6. The molecule has 7 heteroatoms. The van der Waals surface area contributed by atoms with Crippen LogP contribution in [0.15, 0.2) is 16.9 Å². The predicted molar refractivity (Wildman–Crippen MR) is 93.8 cm³/mol. The summed E-state index contributed by atoms with van der Waals surface area (Å²) in [5.74, 6) is 1.86. The van der Waals surface area contributed by atoms with Crippen LogP contribution >= 0.6 is 0 Å². The molecule has 0 aromatic carbocycles. The van der Waals surface area contributed by atoms with E-state index in [9.17, 15) is 0 Å². The van der Waals surface area contributed by atoms with E-state index in [1.807, 2.05) is 10.9 Å². The molecule has 138 valence electrons. The van der Waals surface area contributed by atoms with Crippen molar-refractivity contribution < 1.29 is 9.26 Å². The topological polar surface area (TPSA) is 69.2 Å². The van der Waals surface area contributed by atoms with Gasteiger partial charge in [-0.05, 0) is 32.2 Å². The Balaban J connectivity index is 1.45. The standard InChI is InChI=1S/C18H29N5O2/c1-4-23-11-15(9-19-23)10-22-7-5-6-16(12-22)24-13-17-20-18(25-21-17)8-14(2)3/h9,11,14,16H,4-8,10,12-13H2,1-3H3. The van der Waals surface area contributed by atoms with Gasteiger partial charge in [0.05, 0.1) is 12.3 Å². The van der Waals surface area contributed by atoms with Crippen LogP contribution in [0.5, 0.6) is 0 Å². The molecular weight excluding hydrogens is 318 g/mol. The maximum absolute atomic E-state index is 6.03. The van der Waals surface area contributed by atoms with Gasteiger partial charge in [0.25, 0.3) is 0 Å². The van der Waals surface area contributed by atoms with E-state index >= 15 is 0 Å². The van der Waals surface area contributed by atoms with E-state index in [1.165, 1.54) is 5.56 Å². The summed E-state index contributed by atoms with van der Waals surface area (Å²) in [6.45, 7) is 10.7. The lowest BCUT2D eigenvalue weighted by molar-refractivity contribution is -0.0151. The van der Waals surface area contributed by atoms with Gasteiger partial charge in [-0.1, -0.05) is 19.0 Å². The van der Waals surface area contributed by atoms with Crippen LogP contribution in [0.2, 0.25) is 0 Å². The Morgan fingerprint density at radius 1 is 1.40 bits per heavy atom. The van der Waals surface area contributed by atoms with Gasteiger partial charge in [0.15, 0.2) is 5.82 Å². The summed E-state index contributed by atoms with van der Waals surface area (Å²) < 4.78 is 13.3. The third-order valence-electron chi connectivity index (χ3n) is 4.42. The number of aromatic nitrogens is 4. The van der Waals surface area contributed by atoms with Gasteiger partial charge < -0.3 is 9.26 Å². The lowest BCUT2D eigenvalue weighted by Gasteiger charge is -2.32. The molecule has 0 N–H and O–H groups in total. The Bertz CT molecular complexity index is 651. The van der Waals surface area contributed by atoms with Crippen molar-refractivity contribution >= 4 is 0 Å². The van der Waals surface area contributed by atoms with Crippen molar-refractivity contribution in [1.29, 1.82) is 0 Å². The Morgan fingerprint density at radius 2 is 2.28 bits per heavy atom. The minimum Gasteiger partial charge on any atom is -0.369 e. The number of nitrogens with zero attached hydrogens (tertiary/aromatic N) is 5. The highest BCUT2D eigenvalue weighted by Gasteiger charge is 2.21. The summed E-state index contributed by atoms with van der Waals surface area (Å²) >= 11 is 0. The normalized spacial score (nSPS) is 19.0. The van der Waals surface area contributed by atoms with E-state index in [1.54, 1.807) is 0 Å². The van der Waals surface area contributed by atoms with Gasteiger partial charge >= 0.3 is 0 Å². The van der Waals surface area contributed by atoms with Crippen molar-refractivity contribution in [2.24, 2.45) is 5.92 Å². The molecule has 0 amide bonds. The molecule has 0 aliphatic carbocycles. The third kappa shape index (κ3) is 5.37. The van der Waals surface area contributed by atoms with Crippen LogP contribution in [0.3, 0.4) is 0 Å². The summed E-state index contributed by atoms with van der Waals surface area (Å²) in [6.07, 6.45) is 7.36. The van der Waals surface area contributed by atoms with Gasteiger partial charge in [0, 0.05) is 37.8 Å². The summed E-state index contributed by atoms with van der Waals surface area (Å²) in [6, 6.07) is 0. The Hall–Kier alpha value is -1.73. The summed E-state index contributed by atoms with van der Waals surface area (Å²) in [7, 11) is 0. The van der Waals surface area contributed by atoms with E-state index < -0.39 is 0 Å². The number of aryl methyl sites for hydroxylation is 1. The summed E-state index contributed by atoms with van der Waals surface area (Å²) in [5.41, 5.74) is 1.26. The van der Waals surface area contributed by atoms with Crippen molar-refractivity contribution in [3.8, 4) is 0 Å². The van der Waals surface area contributed by atoms with E-state index in [0.29, 0.717) is 24.2 Å². The van der Waals surface area contributed by atoms with Gasteiger partial charge in [-0.15, -0.1) is 0 Å². The number of piperidine rings is 1. The molecule has 1 saturated heterocycles. The van der Waals surface area contributed by atoms with Gasteiger partial charge in [0.2, 0.25) is 5.89 Å². The molecule has 1 aliphatic heterocycles. The molecule has 0 radical (unpaired) electrons. The van der Waals surface area contributed by atoms with Crippen LogP contribution in [0.4, 0.5) is 0 Å². The zero-order valence-corrected chi connectivity index (χ0v) is 15.5. The van der Waals surface area contributed by atoms with E-state index in [2.05, 4.69) is 47.1 Å². The maximum Gasteiger partial charge on any atom is 0.226 e. The number of hydrogen-bond donors (Lipinski definition) is 0. The molecule has 0 spiro atoms. The molecule has 1 unspecified atom stereocenters. The van der Waals surface area contributed by atoms with Crippen LogP contribution in [-0.2, 0) is 30.9 Å². The minimum absolute atomic E-state index is 0.224.